The molecule has 1 N–H and O–H groups in total. The van der Waals surface area contributed by atoms with Gasteiger partial charge in [-0.1, -0.05) is 19.3 Å². The molecule has 0 bridgehead atoms. The molecule has 1 amide bonds. The first-order valence-corrected chi connectivity index (χ1v) is 12.5. The van der Waals surface area contributed by atoms with Crippen molar-refractivity contribution < 1.29 is 4.79 Å². The lowest BCUT2D eigenvalue weighted by molar-refractivity contribution is -0.132. The molecule has 5 nitrogen and oxygen atoms in total. The minimum atomic E-state index is 0.00751. The Morgan fingerprint density at radius 2 is 2.00 bits per heavy atom. The van der Waals surface area contributed by atoms with Gasteiger partial charge in [-0.05, 0) is 44.1 Å². The van der Waals surface area contributed by atoms with Crippen molar-refractivity contribution in [2.75, 3.05) is 12.8 Å². The molecule has 0 aromatic carbocycles. The van der Waals surface area contributed by atoms with Gasteiger partial charge in [-0.25, -0.2) is 4.98 Å². The maximum atomic E-state index is 12.6. The van der Waals surface area contributed by atoms with Gasteiger partial charge in [0.1, 0.15) is 10.7 Å². The molecule has 2 aromatic rings. The summed E-state index contributed by atoms with van der Waals surface area (Å²) < 4.78 is 0. The van der Waals surface area contributed by atoms with E-state index in [1.165, 1.54) is 42.5 Å². The number of fused-ring (bicyclic) bond motifs is 3. The highest BCUT2D eigenvalue weighted by Crippen LogP contribution is 2.33. The van der Waals surface area contributed by atoms with Crippen molar-refractivity contribution in [3.05, 3.63) is 26.6 Å². The maximum absolute atomic E-state index is 12.6. The van der Waals surface area contributed by atoms with Crippen molar-refractivity contribution in [2.45, 2.75) is 76.0 Å². The Hall–Kier alpha value is -1.34. The summed E-state index contributed by atoms with van der Waals surface area (Å²) in [6.07, 6.45) is 11.1. The van der Waals surface area contributed by atoms with Crippen LogP contribution in [0, 0.1) is 0 Å². The Labute approximate surface area is 174 Å². The van der Waals surface area contributed by atoms with Crippen molar-refractivity contribution in [3.63, 3.8) is 0 Å². The van der Waals surface area contributed by atoms with Crippen molar-refractivity contribution in [1.82, 2.24) is 14.9 Å². The molecule has 4 rings (SSSR count). The Morgan fingerprint density at radius 3 is 2.82 bits per heavy atom. The highest BCUT2D eigenvalue weighted by Gasteiger charge is 2.22. The molecule has 1 fully saturated rings. The van der Waals surface area contributed by atoms with Crippen LogP contribution in [0.4, 0.5) is 0 Å². The second-order valence-corrected chi connectivity index (χ2v) is 10.2. The SMILES string of the molecule is CN(C(=O)CCSCc1nc2sc3c(c2c(=O)[nH]1)CCCC3)C1CCCCC1. The molecule has 2 aromatic heterocycles. The fourth-order valence-electron chi connectivity index (χ4n) is 4.45. The van der Waals surface area contributed by atoms with Crippen LogP contribution in [0.1, 0.15) is 67.6 Å². The summed E-state index contributed by atoms with van der Waals surface area (Å²) in [6, 6.07) is 0.427. The standard InChI is InChI=1S/C21H29N3O2S2/c1-24(14-7-3-2-4-8-14)18(25)11-12-27-13-17-22-20(26)19-15-9-5-6-10-16(15)28-21(19)23-17/h14H,2-13H2,1H3,(H,22,23,26). The molecule has 1 saturated carbocycles. The Balaban J connectivity index is 1.32. The summed E-state index contributed by atoms with van der Waals surface area (Å²) in [5.74, 6) is 2.38. The van der Waals surface area contributed by atoms with Crippen LogP contribution < -0.4 is 5.56 Å². The van der Waals surface area contributed by atoms with Gasteiger partial charge >= 0.3 is 0 Å². The Bertz CT molecular complexity index is 899. The Kier molecular flexibility index (Phi) is 6.41. The number of aryl methyl sites for hydroxylation is 2. The molecule has 152 valence electrons. The molecule has 2 aliphatic rings. The average molecular weight is 420 g/mol. The van der Waals surface area contributed by atoms with Crippen molar-refractivity contribution in [2.24, 2.45) is 0 Å². The molecule has 28 heavy (non-hydrogen) atoms. The van der Waals surface area contributed by atoms with Crippen LogP contribution in [0.15, 0.2) is 4.79 Å². The van der Waals surface area contributed by atoms with Gasteiger partial charge in [0.05, 0.1) is 11.1 Å². The van der Waals surface area contributed by atoms with E-state index in [0.29, 0.717) is 18.2 Å². The molecule has 2 aliphatic carbocycles. The number of aromatic nitrogens is 2. The number of H-pyrrole nitrogens is 1. The molecular formula is C21H29N3O2S2. The van der Waals surface area contributed by atoms with Crippen LogP contribution in [0.3, 0.4) is 0 Å². The van der Waals surface area contributed by atoms with Crippen LogP contribution in [-0.2, 0) is 23.4 Å². The molecule has 7 heteroatoms. The number of thiophene rings is 1. The van der Waals surface area contributed by atoms with Crippen LogP contribution in [0.5, 0.6) is 0 Å². The monoisotopic (exact) mass is 419 g/mol. The van der Waals surface area contributed by atoms with Gasteiger partial charge in [0.15, 0.2) is 0 Å². The Morgan fingerprint density at radius 1 is 1.21 bits per heavy atom. The summed E-state index contributed by atoms with van der Waals surface area (Å²) in [5, 5.41) is 0.817. The van der Waals surface area contributed by atoms with Crippen LogP contribution in [-0.4, -0.2) is 39.6 Å². The highest BCUT2D eigenvalue weighted by molar-refractivity contribution is 7.98. The van der Waals surface area contributed by atoms with Gasteiger partial charge in [0.25, 0.3) is 5.56 Å². The van der Waals surface area contributed by atoms with E-state index >= 15 is 0 Å². The van der Waals surface area contributed by atoms with Crippen LogP contribution >= 0.6 is 23.1 Å². The smallest absolute Gasteiger partial charge is 0.259 e. The minimum absolute atomic E-state index is 0.00751. The molecule has 2 heterocycles. The zero-order valence-electron chi connectivity index (χ0n) is 16.6. The van der Waals surface area contributed by atoms with Gasteiger partial charge in [0, 0.05) is 30.1 Å². The lowest BCUT2D eigenvalue weighted by Gasteiger charge is -2.31. The van der Waals surface area contributed by atoms with E-state index in [2.05, 4.69) is 4.98 Å². The molecular weight excluding hydrogens is 390 g/mol. The third-order valence-electron chi connectivity index (χ3n) is 6.09. The van der Waals surface area contributed by atoms with E-state index in [9.17, 15) is 9.59 Å². The lowest BCUT2D eigenvalue weighted by Crippen LogP contribution is -2.38. The molecule has 0 unspecified atom stereocenters. The number of thioether (sulfide) groups is 1. The van der Waals surface area contributed by atoms with Gasteiger partial charge in [-0.15, -0.1) is 11.3 Å². The maximum Gasteiger partial charge on any atom is 0.259 e. The second-order valence-electron chi connectivity index (χ2n) is 8.00. The molecule has 0 radical (unpaired) electrons. The average Bonchev–Trinajstić information content (AvgIpc) is 3.10. The number of hydrogen-bond acceptors (Lipinski definition) is 5. The fourth-order valence-corrected chi connectivity index (χ4v) is 6.53. The summed E-state index contributed by atoms with van der Waals surface area (Å²) in [5.41, 5.74) is 1.24. The van der Waals surface area contributed by atoms with Gasteiger partial charge < -0.3 is 9.88 Å². The summed E-state index contributed by atoms with van der Waals surface area (Å²) >= 11 is 3.37. The van der Waals surface area contributed by atoms with Crippen molar-refractivity contribution in [3.8, 4) is 0 Å². The number of aromatic amines is 1. The van der Waals surface area contributed by atoms with E-state index in [1.54, 1.807) is 23.1 Å². The lowest BCUT2D eigenvalue weighted by atomic mass is 9.94. The van der Waals surface area contributed by atoms with Gasteiger partial charge in [0.2, 0.25) is 5.91 Å². The number of nitrogens with one attached hydrogen (secondary N) is 1. The highest BCUT2D eigenvalue weighted by atomic mass is 32.2. The van der Waals surface area contributed by atoms with E-state index in [4.69, 9.17) is 4.98 Å². The quantitative estimate of drug-likeness (QED) is 0.710. The molecule has 0 atom stereocenters. The molecule has 0 saturated heterocycles. The number of rotatable bonds is 6. The molecule has 0 spiro atoms. The number of nitrogens with zero attached hydrogens (tertiary/aromatic N) is 2. The topological polar surface area (TPSA) is 66.1 Å². The number of amides is 1. The zero-order valence-corrected chi connectivity index (χ0v) is 18.2. The zero-order chi connectivity index (χ0) is 19.5. The third kappa shape index (κ3) is 4.30. The first-order chi connectivity index (χ1) is 13.6. The number of hydrogen-bond donors (Lipinski definition) is 1. The first kappa shape index (κ1) is 20.0. The van der Waals surface area contributed by atoms with Crippen molar-refractivity contribution in [1.29, 1.82) is 0 Å². The van der Waals surface area contributed by atoms with Crippen LogP contribution in [0.25, 0.3) is 10.2 Å². The van der Waals surface area contributed by atoms with Gasteiger partial charge in [-0.2, -0.15) is 11.8 Å². The van der Waals surface area contributed by atoms with Crippen LogP contribution in [0.2, 0.25) is 0 Å². The largest absolute Gasteiger partial charge is 0.343 e. The van der Waals surface area contributed by atoms with E-state index in [-0.39, 0.29) is 11.5 Å². The van der Waals surface area contributed by atoms with E-state index in [0.717, 1.165) is 47.5 Å². The fraction of sp³-hybridized carbons (Fsp3) is 0.667. The second kappa shape index (κ2) is 8.99. The van der Waals surface area contributed by atoms with E-state index in [1.807, 2.05) is 11.9 Å². The summed E-state index contributed by atoms with van der Waals surface area (Å²) in [6.45, 7) is 0. The predicted molar refractivity (Wildman–Crippen MR) is 117 cm³/mol. The predicted octanol–water partition coefficient (Wildman–Crippen LogP) is 4.28. The van der Waals surface area contributed by atoms with E-state index < -0.39 is 0 Å². The molecule has 0 aliphatic heterocycles. The van der Waals surface area contributed by atoms with Gasteiger partial charge in [-0.3, -0.25) is 9.59 Å². The first-order valence-electron chi connectivity index (χ1n) is 10.5. The van der Waals surface area contributed by atoms with Crippen molar-refractivity contribution >= 4 is 39.2 Å². The number of carbonyl (C=O) groups excluding carboxylic acids is 1. The number of carbonyl (C=O) groups is 1. The third-order valence-corrected chi connectivity index (χ3v) is 8.25. The summed E-state index contributed by atoms with van der Waals surface area (Å²) in [7, 11) is 1.95. The normalized spacial score (nSPS) is 17.6. The summed E-state index contributed by atoms with van der Waals surface area (Å²) in [4.78, 5) is 36.9. The minimum Gasteiger partial charge on any atom is -0.343 e.